The first-order valence-electron chi connectivity index (χ1n) is 5.28. The van der Waals surface area contributed by atoms with E-state index in [1.165, 1.54) is 4.88 Å². The second-order valence-corrected chi connectivity index (χ2v) is 6.42. The lowest BCUT2D eigenvalue weighted by molar-refractivity contribution is -0.165. The van der Waals surface area contributed by atoms with Crippen LogP contribution >= 0.6 is 27.3 Å². The first-order chi connectivity index (χ1) is 7.97. The van der Waals surface area contributed by atoms with Crippen LogP contribution in [0.15, 0.2) is 15.9 Å². The molecule has 0 atom stereocenters. The minimum Gasteiger partial charge on any atom is -0.480 e. The van der Waals surface area contributed by atoms with Gasteiger partial charge in [-0.25, -0.2) is 4.79 Å². The quantitative estimate of drug-likeness (QED) is 0.903. The number of likely N-dealkylation sites (tertiary alicyclic amines) is 1. The normalized spacial score (nSPS) is 18.9. The Labute approximate surface area is 112 Å². The summed E-state index contributed by atoms with van der Waals surface area (Å²) in [7, 11) is 0. The van der Waals surface area contributed by atoms with E-state index in [9.17, 15) is 4.79 Å². The van der Waals surface area contributed by atoms with E-state index >= 15 is 0 Å². The van der Waals surface area contributed by atoms with Gasteiger partial charge in [0, 0.05) is 34.4 Å². The van der Waals surface area contributed by atoms with E-state index in [0.29, 0.717) is 0 Å². The SMILES string of the molecule is CC1(OCC(=O)O)CN(Cc2cc(Br)cs2)C1. The molecule has 2 heterocycles. The maximum absolute atomic E-state index is 10.4. The van der Waals surface area contributed by atoms with Gasteiger partial charge < -0.3 is 9.84 Å². The van der Waals surface area contributed by atoms with Crippen LogP contribution in [0.4, 0.5) is 0 Å². The highest BCUT2D eigenvalue weighted by molar-refractivity contribution is 9.10. The van der Waals surface area contributed by atoms with Crippen molar-refractivity contribution >= 4 is 33.2 Å². The van der Waals surface area contributed by atoms with E-state index in [1.807, 2.05) is 6.92 Å². The summed E-state index contributed by atoms with van der Waals surface area (Å²) in [5, 5.41) is 10.6. The smallest absolute Gasteiger partial charge is 0.329 e. The fourth-order valence-electron chi connectivity index (χ4n) is 2.00. The fraction of sp³-hybridized carbons (Fsp3) is 0.545. The second kappa shape index (κ2) is 5.06. The Morgan fingerprint density at radius 1 is 1.71 bits per heavy atom. The number of aliphatic carboxylic acids is 1. The van der Waals surface area contributed by atoms with Crippen molar-refractivity contribution in [1.29, 1.82) is 0 Å². The van der Waals surface area contributed by atoms with Crippen LogP contribution in [-0.4, -0.2) is 41.3 Å². The van der Waals surface area contributed by atoms with Crippen molar-refractivity contribution in [2.75, 3.05) is 19.7 Å². The van der Waals surface area contributed by atoms with Gasteiger partial charge in [0.25, 0.3) is 0 Å². The van der Waals surface area contributed by atoms with Crippen LogP contribution < -0.4 is 0 Å². The highest BCUT2D eigenvalue weighted by atomic mass is 79.9. The van der Waals surface area contributed by atoms with E-state index in [4.69, 9.17) is 9.84 Å². The lowest BCUT2D eigenvalue weighted by atomic mass is 9.96. The number of carboxylic acids is 1. The predicted molar refractivity (Wildman–Crippen MR) is 69.3 cm³/mol. The zero-order chi connectivity index (χ0) is 12.5. The number of thiophene rings is 1. The van der Waals surface area contributed by atoms with Gasteiger partial charge in [0.1, 0.15) is 6.61 Å². The molecule has 0 radical (unpaired) electrons. The van der Waals surface area contributed by atoms with E-state index < -0.39 is 5.97 Å². The van der Waals surface area contributed by atoms with Gasteiger partial charge in [-0.05, 0) is 28.9 Å². The van der Waals surface area contributed by atoms with Crippen molar-refractivity contribution in [3.8, 4) is 0 Å². The molecule has 1 aromatic rings. The fourth-order valence-corrected chi connectivity index (χ4v) is 3.49. The van der Waals surface area contributed by atoms with Crippen molar-refractivity contribution in [2.24, 2.45) is 0 Å². The molecule has 94 valence electrons. The third-order valence-electron chi connectivity index (χ3n) is 2.66. The maximum Gasteiger partial charge on any atom is 0.329 e. The van der Waals surface area contributed by atoms with Gasteiger partial charge >= 0.3 is 5.97 Å². The Morgan fingerprint density at radius 2 is 2.41 bits per heavy atom. The van der Waals surface area contributed by atoms with E-state index in [0.717, 1.165) is 24.1 Å². The number of nitrogens with zero attached hydrogens (tertiary/aromatic N) is 1. The van der Waals surface area contributed by atoms with Crippen molar-refractivity contribution in [3.05, 3.63) is 20.8 Å². The van der Waals surface area contributed by atoms with Crippen LogP contribution in [-0.2, 0) is 16.1 Å². The van der Waals surface area contributed by atoms with Crippen molar-refractivity contribution in [2.45, 2.75) is 19.1 Å². The zero-order valence-corrected chi connectivity index (χ0v) is 11.9. The van der Waals surface area contributed by atoms with E-state index in [1.54, 1.807) is 11.3 Å². The van der Waals surface area contributed by atoms with Gasteiger partial charge in [0.05, 0.1) is 5.60 Å². The van der Waals surface area contributed by atoms with Gasteiger partial charge in [-0.2, -0.15) is 0 Å². The van der Waals surface area contributed by atoms with Crippen LogP contribution in [0.2, 0.25) is 0 Å². The molecule has 0 aliphatic carbocycles. The summed E-state index contributed by atoms with van der Waals surface area (Å²) in [5.74, 6) is -0.910. The molecule has 1 aromatic heterocycles. The maximum atomic E-state index is 10.4. The van der Waals surface area contributed by atoms with Gasteiger partial charge in [0.15, 0.2) is 0 Å². The summed E-state index contributed by atoms with van der Waals surface area (Å²) in [6.07, 6.45) is 0. The molecule has 0 amide bonds. The van der Waals surface area contributed by atoms with Gasteiger partial charge in [0.2, 0.25) is 0 Å². The van der Waals surface area contributed by atoms with Crippen LogP contribution in [0.5, 0.6) is 0 Å². The zero-order valence-electron chi connectivity index (χ0n) is 9.48. The minimum absolute atomic E-state index is 0.213. The number of rotatable bonds is 5. The standard InChI is InChI=1S/C11H14BrNO3S/c1-11(16-4-10(14)15)6-13(7-11)3-9-2-8(12)5-17-9/h2,5H,3-4,6-7H2,1H3,(H,14,15). The molecular weight excluding hydrogens is 306 g/mol. The van der Waals surface area contributed by atoms with Crippen molar-refractivity contribution < 1.29 is 14.6 Å². The summed E-state index contributed by atoms with van der Waals surface area (Å²) >= 11 is 5.15. The van der Waals surface area contributed by atoms with Gasteiger partial charge in [-0.15, -0.1) is 11.3 Å². The largest absolute Gasteiger partial charge is 0.480 e. The van der Waals surface area contributed by atoms with Crippen LogP contribution in [0.1, 0.15) is 11.8 Å². The number of carboxylic acid groups (broad SMARTS) is 1. The number of carbonyl (C=O) groups is 1. The average Bonchev–Trinajstić information content (AvgIpc) is 2.59. The number of ether oxygens (including phenoxy) is 1. The molecule has 0 saturated carbocycles. The van der Waals surface area contributed by atoms with Gasteiger partial charge in [-0.3, -0.25) is 4.90 Å². The molecule has 0 spiro atoms. The van der Waals surface area contributed by atoms with Crippen LogP contribution in [0, 0.1) is 0 Å². The molecule has 1 fully saturated rings. The summed E-state index contributed by atoms with van der Waals surface area (Å²) in [4.78, 5) is 14.0. The molecule has 4 nitrogen and oxygen atoms in total. The Balaban J connectivity index is 1.76. The molecule has 0 unspecified atom stereocenters. The Morgan fingerprint density at radius 3 is 2.94 bits per heavy atom. The number of hydrogen-bond donors (Lipinski definition) is 1. The highest BCUT2D eigenvalue weighted by Gasteiger charge is 2.40. The average molecular weight is 320 g/mol. The summed E-state index contributed by atoms with van der Waals surface area (Å²) in [6, 6.07) is 2.11. The molecule has 2 rings (SSSR count). The Kier molecular flexibility index (Phi) is 3.87. The van der Waals surface area contributed by atoms with Crippen molar-refractivity contribution in [1.82, 2.24) is 4.90 Å². The van der Waals surface area contributed by atoms with E-state index in [2.05, 4.69) is 32.3 Å². The lowest BCUT2D eigenvalue weighted by Gasteiger charge is -2.47. The summed E-state index contributed by atoms with van der Waals surface area (Å²) < 4.78 is 6.47. The molecule has 1 aliphatic heterocycles. The van der Waals surface area contributed by atoms with Crippen LogP contribution in [0.25, 0.3) is 0 Å². The first-order valence-corrected chi connectivity index (χ1v) is 6.95. The Bertz CT molecular complexity index is 415. The van der Waals surface area contributed by atoms with Gasteiger partial charge in [-0.1, -0.05) is 0 Å². The highest BCUT2D eigenvalue weighted by Crippen LogP contribution is 2.28. The third kappa shape index (κ3) is 3.51. The molecule has 6 heteroatoms. The molecule has 0 aromatic carbocycles. The molecule has 0 bridgehead atoms. The molecule has 17 heavy (non-hydrogen) atoms. The summed E-state index contributed by atoms with van der Waals surface area (Å²) in [6.45, 7) is 4.22. The van der Waals surface area contributed by atoms with E-state index in [-0.39, 0.29) is 12.2 Å². The lowest BCUT2D eigenvalue weighted by Crippen LogP contribution is -2.61. The predicted octanol–water partition coefficient (Wildman–Crippen LogP) is 2.19. The second-order valence-electron chi connectivity index (χ2n) is 4.51. The van der Waals surface area contributed by atoms with Crippen LogP contribution in [0.3, 0.4) is 0 Å². The Hall–Kier alpha value is -0.430. The third-order valence-corrected chi connectivity index (χ3v) is 4.34. The first kappa shape index (κ1) is 13.0. The molecular formula is C11H14BrNO3S. The minimum atomic E-state index is -0.910. The van der Waals surface area contributed by atoms with Crippen molar-refractivity contribution in [3.63, 3.8) is 0 Å². The number of hydrogen-bond acceptors (Lipinski definition) is 4. The molecule has 1 saturated heterocycles. The molecule has 1 N–H and O–H groups in total. The molecule has 1 aliphatic rings. The number of halogens is 1. The monoisotopic (exact) mass is 319 g/mol. The topological polar surface area (TPSA) is 49.8 Å². The summed E-state index contributed by atoms with van der Waals surface area (Å²) in [5.41, 5.74) is -0.299.